The maximum absolute atomic E-state index is 12.7. The van der Waals surface area contributed by atoms with E-state index < -0.39 is 17.5 Å². The second-order valence-electron chi connectivity index (χ2n) is 6.26. The molecule has 0 bridgehead atoms. The van der Waals surface area contributed by atoms with Crippen LogP contribution in [0.4, 0.5) is 0 Å². The van der Waals surface area contributed by atoms with Crippen molar-refractivity contribution in [2.75, 3.05) is 0 Å². The quantitative estimate of drug-likeness (QED) is 0.513. The Hall–Kier alpha value is -3.28. The summed E-state index contributed by atoms with van der Waals surface area (Å²) >= 11 is 0. The van der Waals surface area contributed by atoms with E-state index in [1.165, 1.54) is 13.1 Å². The summed E-state index contributed by atoms with van der Waals surface area (Å²) in [4.78, 5) is 42.1. The van der Waals surface area contributed by atoms with Gasteiger partial charge in [0.25, 0.3) is 0 Å². The number of pyridine rings is 2. The van der Waals surface area contributed by atoms with Gasteiger partial charge in [-0.05, 0) is 32.9 Å². The highest BCUT2D eigenvalue weighted by Crippen LogP contribution is 2.13. The van der Waals surface area contributed by atoms with Crippen molar-refractivity contribution in [3.05, 3.63) is 75.7 Å². The van der Waals surface area contributed by atoms with Crippen LogP contribution in [0.2, 0.25) is 0 Å². The van der Waals surface area contributed by atoms with E-state index in [1.54, 1.807) is 47.0 Å². The first kappa shape index (κ1) is 18.5. The Labute approximate surface area is 156 Å². The lowest BCUT2D eigenvalue weighted by Gasteiger charge is -2.14. The summed E-state index contributed by atoms with van der Waals surface area (Å²) in [5.41, 5.74) is 1.19. The second kappa shape index (κ2) is 7.53. The predicted molar refractivity (Wildman–Crippen MR) is 102 cm³/mol. The molecule has 1 atom stereocenters. The van der Waals surface area contributed by atoms with Crippen LogP contribution in [0.25, 0.3) is 11.0 Å². The molecule has 2 aromatic heterocycles. The molecular formula is C21H20N2O4. The van der Waals surface area contributed by atoms with Crippen LogP contribution >= 0.6 is 0 Å². The standard InChI is InChI=1S/C21H20N2O4/c1-4-23-12-17(19(25)16-11-10-13(2)22-20(16)23)21(26)27-14(3)18(24)15-8-6-5-7-9-15/h5-12,14H,4H2,1-3H3. The summed E-state index contributed by atoms with van der Waals surface area (Å²) in [6, 6.07) is 12.0. The van der Waals surface area contributed by atoms with Gasteiger partial charge in [-0.3, -0.25) is 9.59 Å². The maximum atomic E-state index is 12.7. The molecule has 3 aromatic rings. The number of esters is 1. The van der Waals surface area contributed by atoms with Gasteiger partial charge >= 0.3 is 5.97 Å². The SMILES string of the molecule is CCn1cc(C(=O)OC(C)C(=O)c2ccccc2)c(=O)c2ccc(C)nc21. The third-order valence-electron chi connectivity index (χ3n) is 4.33. The van der Waals surface area contributed by atoms with Crippen LogP contribution in [-0.4, -0.2) is 27.4 Å². The highest BCUT2D eigenvalue weighted by molar-refractivity contribution is 6.01. The molecule has 0 radical (unpaired) electrons. The Bertz CT molecular complexity index is 1070. The van der Waals surface area contributed by atoms with Crippen LogP contribution in [0.5, 0.6) is 0 Å². The van der Waals surface area contributed by atoms with Crippen LogP contribution in [0.3, 0.4) is 0 Å². The molecule has 0 saturated heterocycles. The van der Waals surface area contributed by atoms with Crippen molar-refractivity contribution in [3.8, 4) is 0 Å². The van der Waals surface area contributed by atoms with Crippen molar-refractivity contribution in [3.63, 3.8) is 0 Å². The molecule has 6 nitrogen and oxygen atoms in total. The topological polar surface area (TPSA) is 78.3 Å². The second-order valence-corrected chi connectivity index (χ2v) is 6.26. The molecule has 0 N–H and O–H groups in total. The Kier molecular flexibility index (Phi) is 5.16. The number of aryl methyl sites for hydroxylation is 2. The molecule has 0 aliphatic carbocycles. The highest BCUT2D eigenvalue weighted by atomic mass is 16.5. The van der Waals surface area contributed by atoms with E-state index in [9.17, 15) is 14.4 Å². The first-order valence-electron chi connectivity index (χ1n) is 8.73. The average Bonchev–Trinajstić information content (AvgIpc) is 2.68. The molecule has 1 aromatic carbocycles. The van der Waals surface area contributed by atoms with Crippen molar-refractivity contribution in [2.45, 2.75) is 33.4 Å². The third-order valence-corrected chi connectivity index (χ3v) is 4.33. The van der Waals surface area contributed by atoms with Gasteiger partial charge in [0.05, 0.1) is 5.39 Å². The molecule has 0 amide bonds. The Morgan fingerprint density at radius 1 is 1.15 bits per heavy atom. The van der Waals surface area contributed by atoms with Gasteiger partial charge in [-0.1, -0.05) is 30.3 Å². The van der Waals surface area contributed by atoms with Gasteiger partial charge in [-0.15, -0.1) is 0 Å². The number of rotatable bonds is 5. The van der Waals surface area contributed by atoms with Gasteiger partial charge in [0.2, 0.25) is 11.2 Å². The lowest BCUT2D eigenvalue weighted by molar-refractivity contribution is 0.0317. The monoisotopic (exact) mass is 364 g/mol. The average molecular weight is 364 g/mol. The number of ether oxygens (including phenoxy) is 1. The zero-order valence-electron chi connectivity index (χ0n) is 15.4. The van der Waals surface area contributed by atoms with Crippen molar-refractivity contribution >= 4 is 22.8 Å². The summed E-state index contributed by atoms with van der Waals surface area (Å²) in [5, 5.41) is 0.346. The molecule has 138 valence electrons. The number of nitrogens with zero attached hydrogens (tertiary/aromatic N) is 2. The van der Waals surface area contributed by atoms with E-state index in [4.69, 9.17) is 4.74 Å². The van der Waals surface area contributed by atoms with Crippen LogP contribution in [0.15, 0.2) is 53.5 Å². The number of carbonyl (C=O) groups excluding carboxylic acids is 2. The fraction of sp³-hybridized carbons (Fsp3) is 0.238. The molecule has 27 heavy (non-hydrogen) atoms. The molecule has 0 spiro atoms. The van der Waals surface area contributed by atoms with Crippen LogP contribution in [0, 0.1) is 6.92 Å². The van der Waals surface area contributed by atoms with Crippen LogP contribution < -0.4 is 5.43 Å². The summed E-state index contributed by atoms with van der Waals surface area (Å²) < 4.78 is 7.01. The minimum Gasteiger partial charge on any atom is -0.451 e. The van der Waals surface area contributed by atoms with Gasteiger partial charge in [-0.2, -0.15) is 0 Å². The lowest BCUT2D eigenvalue weighted by atomic mass is 10.1. The maximum Gasteiger partial charge on any atom is 0.344 e. The zero-order chi connectivity index (χ0) is 19.6. The largest absolute Gasteiger partial charge is 0.451 e. The number of carbonyl (C=O) groups is 2. The summed E-state index contributed by atoms with van der Waals surface area (Å²) in [7, 11) is 0. The fourth-order valence-corrected chi connectivity index (χ4v) is 2.86. The Morgan fingerprint density at radius 2 is 1.85 bits per heavy atom. The minimum atomic E-state index is -0.999. The van der Waals surface area contributed by atoms with E-state index in [2.05, 4.69) is 4.98 Å². The number of ketones is 1. The molecule has 6 heteroatoms. The molecular weight excluding hydrogens is 344 g/mol. The van der Waals surface area contributed by atoms with Crippen molar-refractivity contribution in [1.82, 2.24) is 9.55 Å². The molecule has 0 aliphatic rings. The number of hydrogen-bond donors (Lipinski definition) is 0. The number of hydrogen-bond acceptors (Lipinski definition) is 5. The molecule has 2 heterocycles. The first-order chi connectivity index (χ1) is 12.9. The predicted octanol–water partition coefficient (Wildman–Crippen LogP) is 3.15. The van der Waals surface area contributed by atoms with Gasteiger partial charge in [0.15, 0.2) is 6.10 Å². The van der Waals surface area contributed by atoms with Crippen molar-refractivity contribution in [1.29, 1.82) is 0 Å². The van der Waals surface area contributed by atoms with E-state index in [-0.39, 0.29) is 11.3 Å². The summed E-state index contributed by atoms with van der Waals surface area (Å²) in [6.07, 6.45) is 0.445. The zero-order valence-corrected chi connectivity index (χ0v) is 15.4. The highest BCUT2D eigenvalue weighted by Gasteiger charge is 2.23. The van der Waals surface area contributed by atoms with E-state index in [0.717, 1.165) is 5.69 Å². The molecule has 3 rings (SSSR count). The number of aromatic nitrogens is 2. The minimum absolute atomic E-state index is 0.109. The van der Waals surface area contributed by atoms with Gasteiger partial charge in [-0.25, -0.2) is 9.78 Å². The van der Waals surface area contributed by atoms with E-state index in [1.807, 2.05) is 13.8 Å². The number of Topliss-reactive ketones (excluding diaryl/α,β-unsaturated/α-hetero) is 1. The van der Waals surface area contributed by atoms with Gasteiger partial charge < -0.3 is 9.30 Å². The van der Waals surface area contributed by atoms with Crippen LogP contribution in [0.1, 0.15) is 40.3 Å². The molecule has 1 unspecified atom stereocenters. The molecule has 0 saturated carbocycles. The van der Waals surface area contributed by atoms with Crippen LogP contribution in [-0.2, 0) is 11.3 Å². The first-order valence-corrected chi connectivity index (χ1v) is 8.73. The third kappa shape index (κ3) is 3.65. The number of fused-ring (bicyclic) bond motifs is 1. The summed E-state index contributed by atoms with van der Waals surface area (Å²) in [5.74, 6) is -1.14. The van der Waals surface area contributed by atoms with Crippen molar-refractivity contribution < 1.29 is 14.3 Å². The Balaban J connectivity index is 1.94. The van der Waals surface area contributed by atoms with E-state index in [0.29, 0.717) is 23.1 Å². The van der Waals surface area contributed by atoms with Gasteiger partial charge in [0.1, 0.15) is 11.2 Å². The normalized spacial score (nSPS) is 12.0. The summed E-state index contributed by atoms with van der Waals surface area (Å²) in [6.45, 7) is 5.76. The number of benzene rings is 1. The Morgan fingerprint density at radius 3 is 2.52 bits per heavy atom. The smallest absolute Gasteiger partial charge is 0.344 e. The molecule has 0 fully saturated rings. The lowest BCUT2D eigenvalue weighted by Crippen LogP contribution is -2.28. The molecule has 0 aliphatic heterocycles. The van der Waals surface area contributed by atoms with Gasteiger partial charge in [0, 0.05) is 24.0 Å². The fourth-order valence-electron chi connectivity index (χ4n) is 2.86. The van der Waals surface area contributed by atoms with E-state index >= 15 is 0 Å². The van der Waals surface area contributed by atoms with Crippen molar-refractivity contribution in [2.24, 2.45) is 0 Å².